The normalized spacial score (nSPS) is 15.9. The van der Waals surface area contributed by atoms with Gasteiger partial charge in [-0.1, -0.05) is 37.3 Å². The van der Waals surface area contributed by atoms with Gasteiger partial charge in [-0.15, -0.1) is 11.6 Å². The first-order valence-electron chi connectivity index (χ1n) is 10.7. The lowest BCUT2D eigenvalue weighted by Gasteiger charge is -2.31. The number of nitrogens with one attached hydrogen (secondary N) is 2. The quantitative estimate of drug-likeness (QED) is 0.602. The smallest absolute Gasteiger partial charge is 0.253 e. The van der Waals surface area contributed by atoms with Gasteiger partial charge in [-0.2, -0.15) is 0 Å². The van der Waals surface area contributed by atoms with Gasteiger partial charge in [-0.3, -0.25) is 9.59 Å². The summed E-state index contributed by atoms with van der Waals surface area (Å²) in [4.78, 5) is 27.9. The summed E-state index contributed by atoms with van der Waals surface area (Å²) in [5, 5.41) is 5.11. The van der Waals surface area contributed by atoms with E-state index in [1.165, 1.54) is 6.42 Å². The van der Waals surface area contributed by atoms with Crippen LogP contribution in [0.3, 0.4) is 0 Å². The lowest BCUT2D eigenvalue weighted by molar-refractivity contribution is -0.116. The molecule has 0 spiro atoms. The fourth-order valence-corrected chi connectivity index (χ4v) is 3.79. The SMILES string of the molecule is CC[C@H](C)NC(=O)c1cc(NC(=O)[C@H](Cl)c2ccccc2)ccc1N1CCCCC1. The lowest BCUT2D eigenvalue weighted by atomic mass is 10.0. The van der Waals surface area contributed by atoms with Crippen LogP contribution in [-0.2, 0) is 4.79 Å². The molecule has 1 aliphatic rings. The molecular weight excluding hydrogens is 398 g/mol. The average molecular weight is 428 g/mol. The molecule has 0 unspecified atom stereocenters. The fraction of sp³-hybridized carbons (Fsp3) is 0.417. The van der Waals surface area contributed by atoms with Crippen LogP contribution in [0.1, 0.15) is 60.8 Å². The van der Waals surface area contributed by atoms with Crippen LogP contribution in [-0.4, -0.2) is 30.9 Å². The van der Waals surface area contributed by atoms with E-state index in [0.29, 0.717) is 11.3 Å². The van der Waals surface area contributed by atoms with Crippen LogP contribution in [0, 0.1) is 0 Å². The first-order valence-corrected chi connectivity index (χ1v) is 11.1. The molecule has 0 aliphatic carbocycles. The molecule has 30 heavy (non-hydrogen) atoms. The average Bonchev–Trinajstić information content (AvgIpc) is 2.79. The van der Waals surface area contributed by atoms with E-state index in [4.69, 9.17) is 11.6 Å². The van der Waals surface area contributed by atoms with Gasteiger partial charge in [0, 0.05) is 30.5 Å². The highest BCUT2D eigenvalue weighted by molar-refractivity contribution is 6.32. The molecule has 5 nitrogen and oxygen atoms in total. The van der Waals surface area contributed by atoms with E-state index in [0.717, 1.165) is 43.6 Å². The molecule has 1 aliphatic heterocycles. The standard InChI is InChI=1S/C24H30ClN3O2/c1-3-17(2)26-23(29)20-16-19(12-13-21(20)28-14-8-5-9-15-28)27-24(30)22(25)18-10-6-4-7-11-18/h4,6-7,10-13,16-17,22H,3,5,8-9,14-15H2,1-2H3,(H,26,29)(H,27,30)/t17-,22+/m0/s1. The number of anilines is 2. The number of hydrogen-bond donors (Lipinski definition) is 2. The van der Waals surface area contributed by atoms with Crippen LogP contribution in [0.2, 0.25) is 0 Å². The summed E-state index contributed by atoms with van der Waals surface area (Å²) in [6.45, 7) is 5.90. The Bertz CT molecular complexity index is 866. The number of benzene rings is 2. The molecule has 160 valence electrons. The number of piperidine rings is 1. The Morgan fingerprint density at radius 2 is 1.77 bits per heavy atom. The molecule has 1 saturated heterocycles. The van der Waals surface area contributed by atoms with Crippen molar-refractivity contribution in [1.82, 2.24) is 5.32 Å². The molecule has 1 fully saturated rings. The molecule has 0 bridgehead atoms. The minimum absolute atomic E-state index is 0.0789. The van der Waals surface area contributed by atoms with E-state index >= 15 is 0 Å². The van der Waals surface area contributed by atoms with Gasteiger partial charge in [0.25, 0.3) is 5.91 Å². The Balaban J connectivity index is 1.83. The van der Waals surface area contributed by atoms with Crippen molar-refractivity contribution >= 4 is 34.8 Å². The predicted molar refractivity (Wildman–Crippen MR) is 123 cm³/mol. The monoisotopic (exact) mass is 427 g/mol. The molecule has 0 saturated carbocycles. The molecular formula is C24H30ClN3O2. The summed E-state index contributed by atoms with van der Waals surface area (Å²) < 4.78 is 0. The maximum absolute atomic E-state index is 13.0. The molecule has 0 radical (unpaired) electrons. The van der Waals surface area contributed by atoms with Crippen LogP contribution in [0.15, 0.2) is 48.5 Å². The third kappa shape index (κ3) is 5.54. The molecule has 2 aromatic rings. The Kier molecular flexibility index (Phi) is 7.75. The third-order valence-corrected chi connectivity index (χ3v) is 5.97. The van der Waals surface area contributed by atoms with Crippen LogP contribution < -0.4 is 15.5 Å². The van der Waals surface area contributed by atoms with Gasteiger partial charge >= 0.3 is 0 Å². The summed E-state index contributed by atoms with van der Waals surface area (Å²) in [6, 6.07) is 14.8. The van der Waals surface area contributed by atoms with Gasteiger partial charge in [-0.25, -0.2) is 0 Å². The molecule has 6 heteroatoms. The van der Waals surface area contributed by atoms with Crippen molar-refractivity contribution in [3.63, 3.8) is 0 Å². The zero-order valence-electron chi connectivity index (χ0n) is 17.7. The minimum Gasteiger partial charge on any atom is -0.371 e. The summed E-state index contributed by atoms with van der Waals surface area (Å²) in [6.07, 6.45) is 4.31. The minimum atomic E-state index is -0.801. The number of amides is 2. The van der Waals surface area contributed by atoms with Crippen molar-refractivity contribution < 1.29 is 9.59 Å². The summed E-state index contributed by atoms with van der Waals surface area (Å²) in [5.74, 6) is -0.437. The van der Waals surface area contributed by atoms with E-state index in [-0.39, 0.29) is 17.9 Å². The maximum atomic E-state index is 13.0. The van der Waals surface area contributed by atoms with E-state index in [1.807, 2.05) is 56.3 Å². The van der Waals surface area contributed by atoms with E-state index in [2.05, 4.69) is 15.5 Å². The molecule has 2 N–H and O–H groups in total. The summed E-state index contributed by atoms with van der Waals surface area (Å²) in [7, 11) is 0. The molecule has 1 heterocycles. The second kappa shape index (κ2) is 10.5. The fourth-order valence-electron chi connectivity index (χ4n) is 3.59. The topological polar surface area (TPSA) is 61.4 Å². The number of nitrogens with zero attached hydrogens (tertiary/aromatic N) is 1. The Morgan fingerprint density at radius 1 is 1.07 bits per heavy atom. The Labute approximate surface area is 183 Å². The summed E-state index contributed by atoms with van der Waals surface area (Å²) in [5.41, 5.74) is 2.80. The molecule has 2 amide bonds. The maximum Gasteiger partial charge on any atom is 0.253 e. The van der Waals surface area contributed by atoms with Crippen molar-refractivity contribution in [3.05, 3.63) is 59.7 Å². The molecule has 2 atom stereocenters. The number of carbonyl (C=O) groups is 2. The summed E-state index contributed by atoms with van der Waals surface area (Å²) >= 11 is 6.35. The highest BCUT2D eigenvalue weighted by Crippen LogP contribution is 2.29. The van der Waals surface area contributed by atoms with E-state index < -0.39 is 5.38 Å². The highest BCUT2D eigenvalue weighted by Gasteiger charge is 2.22. The molecule has 0 aromatic heterocycles. The van der Waals surface area contributed by atoms with Crippen molar-refractivity contribution in [1.29, 1.82) is 0 Å². The van der Waals surface area contributed by atoms with Crippen LogP contribution in [0.25, 0.3) is 0 Å². The number of carbonyl (C=O) groups excluding carboxylic acids is 2. The van der Waals surface area contributed by atoms with Crippen molar-refractivity contribution in [2.45, 2.75) is 50.9 Å². The zero-order chi connectivity index (χ0) is 21.5. The first-order chi connectivity index (χ1) is 14.5. The largest absolute Gasteiger partial charge is 0.371 e. The van der Waals surface area contributed by atoms with Gasteiger partial charge in [0.1, 0.15) is 5.38 Å². The van der Waals surface area contributed by atoms with Crippen LogP contribution in [0.4, 0.5) is 11.4 Å². The Morgan fingerprint density at radius 3 is 2.43 bits per heavy atom. The number of halogens is 1. The number of rotatable bonds is 7. The van der Waals surface area contributed by atoms with Crippen LogP contribution >= 0.6 is 11.6 Å². The van der Waals surface area contributed by atoms with Crippen molar-refractivity contribution in [3.8, 4) is 0 Å². The second-order valence-electron chi connectivity index (χ2n) is 7.82. The van der Waals surface area contributed by atoms with Gasteiger partial charge in [0.15, 0.2) is 0 Å². The van der Waals surface area contributed by atoms with E-state index in [1.54, 1.807) is 6.07 Å². The first kappa shape index (κ1) is 22.2. The van der Waals surface area contributed by atoms with Crippen molar-refractivity contribution in [2.24, 2.45) is 0 Å². The predicted octanol–water partition coefficient (Wildman–Crippen LogP) is 5.12. The van der Waals surface area contributed by atoms with Crippen LogP contribution in [0.5, 0.6) is 0 Å². The second-order valence-corrected chi connectivity index (χ2v) is 8.26. The third-order valence-electron chi connectivity index (χ3n) is 5.52. The molecule has 2 aromatic carbocycles. The lowest BCUT2D eigenvalue weighted by Crippen LogP contribution is -2.35. The van der Waals surface area contributed by atoms with Crippen molar-refractivity contribution in [2.75, 3.05) is 23.3 Å². The van der Waals surface area contributed by atoms with Gasteiger partial charge in [-0.05, 0) is 56.4 Å². The zero-order valence-corrected chi connectivity index (χ0v) is 18.4. The van der Waals surface area contributed by atoms with Gasteiger partial charge < -0.3 is 15.5 Å². The highest BCUT2D eigenvalue weighted by atomic mass is 35.5. The van der Waals surface area contributed by atoms with Gasteiger partial charge in [0.2, 0.25) is 5.91 Å². The molecule has 3 rings (SSSR count). The van der Waals surface area contributed by atoms with Gasteiger partial charge in [0.05, 0.1) is 5.56 Å². The van der Waals surface area contributed by atoms with E-state index in [9.17, 15) is 9.59 Å². The Hall–Kier alpha value is -2.53. The number of hydrogen-bond acceptors (Lipinski definition) is 3. The number of alkyl halides is 1.